The highest BCUT2D eigenvalue weighted by atomic mass is 16.4. The Kier molecular flexibility index (Phi) is 5.85. The molecular formula is C18H16N2O4. The van der Waals surface area contributed by atoms with Crippen LogP contribution < -0.4 is 10.9 Å². The van der Waals surface area contributed by atoms with Crippen LogP contribution in [0.2, 0.25) is 0 Å². The first-order valence-corrected chi connectivity index (χ1v) is 7.18. The lowest BCUT2D eigenvalue weighted by atomic mass is 9.91. The number of hydrogen-bond donors (Lipinski definition) is 3. The fraction of sp³-hybridized carbons (Fsp3) is 0.0556. The van der Waals surface area contributed by atoms with Gasteiger partial charge in [-0.3, -0.25) is 20.4 Å². The number of benzene rings is 2. The largest absolute Gasteiger partial charge is 0.478 e. The minimum atomic E-state index is -1.25. The lowest BCUT2D eigenvalue weighted by Gasteiger charge is -2.17. The van der Waals surface area contributed by atoms with Gasteiger partial charge in [0.1, 0.15) is 0 Å². The summed E-state index contributed by atoms with van der Waals surface area (Å²) < 4.78 is 0. The standard InChI is InChI=1S/C18H16N2O4/c21-15(11-12-16(22)23)19-20-18(24)17(13-7-3-1-4-8-13)14-9-5-2-6-10-14/h1-12,17H,(H,19,21)(H,20,24)(H,22,23). The molecule has 6 nitrogen and oxygen atoms in total. The zero-order chi connectivity index (χ0) is 17.4. The molecule has 0 atom stereocenters. The molecule has 0 bridgehead atoms. The maximum atomic E-state index is 12.5. The molecule has 2 aromatic carbocycles. The van der Waals surface area contributed by atoms with Gasteiger partial charge >= 0.3 is 5.97 Å². The molecular weight excluding hydrogens is 308 g/mol. The van der Waals surface area contributed by atoms with Crippen molar-refractivity contribution in [3.05, 3.63) is 83.9 Å². The van der Waals surface area contributed by atoms with Crippen LogP contribution in [0.4, 0.5) is 0 Å². The minimum Gasteiger partial charge on any atom is -0.478 e. The summed E-state index contributed by atoms with van der Waals surface area (Å²) in [4.78, 5) is 34.4. The van der Waals surface area contributed by atoms with Gasteiger partial charge in [0.2, 0.25) is 5.91 Å². The van der Waals surface area contributed by atoms with Crippen LogP contribution in [-0.4, -0.2) is 22.9 Å². The molecule has 2 rings (SSSR count). The van der Waals surface area contributed by atoms with Crippen molar-refractivity contribution >= 4 is 17.8 Å². The molecule has 0 saturated heterocycles. The van der Waals surface area contributed by atoms with Crippen LogP contribution in [0.25, 0.3) is 0 Å². The Morgan fingerprint density at radius 2 is 1.29 bits per heavy atom. The van der Waals surface area contributed by atoms with Gasteiger partial charge in [0.05, 0.1) is 5.92 Å². The first kappa shape index (κ1) is 17.0. The Hall–Kier alpha value is -3.41. The van der Waals surface area contributed by atoms with E-state index in [1.54, 1.807) is 0 Å². The molecule has 6 heteroatoms. The number of carboxylic acid groups (broad SMARTS) is 1. The van der Waals surface area contributed by atoms with Gasteiger partial charge in [-0.2, -0.15) is 0 Å². The van der Waals surface area contributed by atoms with E-state index in [1.165, 1.54) is 0 Å². The fourth-order valence-corrected chi connectivity index (χ4v) is 2.17. The van der Waals surface area contributed by atoms with E-state index >= 15 is 0 Å². The van der Waals surface area contributed by atoms with E-state index < -0.39 is 23.7 Å². The first-order valence-electron chi connectivity index (χ1n) is 7.18. The third kappa shape index (κ3) is 4.81. The van der Waals surface area contributed by atoms with Gasteiger partial charge in [0.15, 0.2) is 0 Å². The molecule has 0 unspecified atom stereocenters. The van der Waals surface area contributed by atoms with E-state index in [9.17, 15) is 14.4 Å². The third-order valence-electron chi connectivity index (χ3n) is 3.21. The summed E-state index contributed by atoms with van der Waals surface area (Å²) in [6.07, 6.45) is 1.51. The van der Waals surface area contributed by atoms with E-state index in [0.717, 1.165) is 17.2 Å². The summed E-state index contributed by atoms with van der Waals surface area (Å²) in [5.74, 6) is -3.01. The van der Waals surface area contributed by atoms with Gasteiger partial charge in [0.25, 0.3) is 5.91 Å². The zero-order valence-electron chi connectivity index (χ0n) is 12.7. The SMILES string of the molecule is O=C(O)C=CC(=O)NNC(=O)C(c1ccccc1)c1ccccc1. The molecule has 2 aromatic rings. The molecule has 0 fully saturated rings. The highest BCUT2D eigenvalue weighted by Crippen LogP contribution is 2.24. The second kappa shape index (κ2) is 8.28. The van der Waals surface area contributed by atoms with Crippen molar-refractivity contribution in [2.45, 2.75) is 5.92 Å². The molecule has 0 aliphatic rings. The normalized spacial score (nSPS) is 10.5. The Bertz CT molecular complexity index is 703. The van der Waals surface area contributed by atoms with Crippen molar-refractivity contribution in [1.29, 1.82) is 0 Å². The number of nitrogens with one attached hydrogen (secondary N) is 2. The quantitative estimate of drug-likeness (QED) is 0.575. The highest BCUT2D eigenvalue weighted by molar-refractivity contribution is 5.95. The average Bonchev–Trinajstić information content (AvgIpc) is 2.60. The van der Waals surface area contributed by atoms with Crippen molar-refractivity contribution in [3.8, 4) is 0 Å². The van der Waals surface area contributed by atoms with Crippen LogP contribution in [0.1, 0.15) is 17.0 Å². The molecule has 0 saturated carbocycles. The van der Waals surface area contributed by atoms with Crippen molar-refractivity contribution < 1.29 is 19.5 Å². The zero-order valence-corrected chi connectivity index (χ0v) is 12.7. The Labute approximate surface area is 138 Å². The lowest BCUT2D eigenvalue weighted by molar-refractivity contribution is -0.131. The average molecular weight is 324 g/mol. The van der Waals surface area contributed by atoms with E-state index in [1.807, 2.05) is 60.7 Å². The number of hydrogen-bond acceptors (Lipinski definition) is 3. The van der Waals surface area contributed by atoms with Gasteiger partial charge in [-0.1, -0.05) is 60.7 Å². The number of aliphatic carboxylic acids is 1. The van der Waals surface area contributed by atoms with Gasteiger partial charge in [-0.25, -0.2) is 4.79 Å². The summed E-state index contributed by atoms with van der Waals surface area (Å²) in [7, 11) is 0. The van der Waals surface area contributed by atoms with Gasteiger partial charge in [-0.05, 0) is 11.1 Å². The fourth-order valence-electron chi connectivity index (χ4n) is 2.17. The van der Waals surface area contributed by atoms with Crippen molar-refractivity contribution in [1.82, 2.24) is 10.9 Å². The minimum absolute atomic E-state index is 0.426. The van der Waals surface area contributed by atoms with Gasteiger partial charge < -0.3 is 5.11 Å². The van der Waals surface area contributed by atoms with Gasteiger partial charge in [-0.15, -0.1) is 0 Å². The molecule has 24 heavy (non-hydrogen) atoms. The predicted octanol–water partition coefficient (Wildman–Crippen LogP) is 1.61. The lowest BCUT2D eigenvalue weighted by Crippen LogP contribution is -2.43. The highest BCUT2D eigenvalue weighted by Gasteiger charge is 2.22. The molecule has 0 spiro atoms. The van der Waals surface area contributed by atoms with Crippen LogP contribution in [0.15, 0.2) is 72.8 Å². The predicted molar refractivity (Wildman–Crippen MR) is 87.8 cm³/mol. The second-order valence-electron chi connectivity index (χ2n) is 4.90. The molecule has 0 aromatic heterocycles. The van der Waals surface area contributed by atoms with Crippen LogP contribution in [-0.2, 0) is 14.4 Å². The Morgan fingerprint density at radius 3 is 1.75 bits per heavy atom. The number of carboxylic acids is 1. The van der Waals surface area contributed by atoms with E-state index in [-0.39, 0.29) is 0 Å². The molecule has 0 aliphatic carbocycles. The van der Waals surface area contributed by atoms with Crippen molar-refractivity contribution in [2.75, 3.05) is 0 Å². The van der Waals surface area contributed by atoms with E-state index in [0.29, 0.717) is 6.08 Å². The van der Waals surface area contributed by atoms with Crippen LogP contribution in [0.5, 0.6) is 0 Å². The number of amides is 2. The van der Waals surface area contributed by atoms with E-state index in [2.05, 4.69) is 10.9 Å². The second-order valence-corrected chi connectivity index (χ2v) is 4.90. The molecule has 0 heterocycles. The summed E-state index contributed by atoms with van der Waals surface area (Å²) in [5.41, 5.74) is 6.04. The van der Waals surface area contributed by atoms with Crippen molar-refractivity contribution in [2.24, 2.45) is 0 Å². The van der Waals surface area contributed by atoms with Crippen molar-refractivity contribution in [3.63, 3.8) is 0 Å². The summed E-state index contributed by atoms with van der Waals surface area (Å²) in [6, 6.07) is 18.3. The van der Waals surface area contributed by atoms with Crippen LogP contribution >= 0.6 is 0 Å². The van der Waals surface area contributed by atoms with Crippen LogP contribution in [0.3, 0.4) is 0 Å². The Morgan fingerprint density at radius 1 is 0.792 bits per heavy atom. The summed E-state index contributed by atoms with van der Waals surface area (Å²) >= 11 is 0. The third-order valence-corrected chi connectivity index (χ3v) is 3.21. The maximum Gasteiger partial charge on any atom is 0.328 e. The van der Waals surface area contributed by atoms with Crippen LogP contribution in [0, 0.1) is 0 Å². The molecule has 122 valence electrons. The Balaban J connectivity index is 2.14. The summed E-state index contributed by atoms with van der Waals surface area (Å²) in [5, 5.41) is 8.47. The summed E-state index contributed by atoms with van der Waals surface area (Å²) in [6.45, 7) is 0. The first-order chi connectivity index (χ1) is 11.6. The smallest absolute Gasteiger partial charge is 0.328 e. The molecule has 2 amide bonds. The monoisotopic (exact) mass is 324 g/mol. The number of hydrazine groups is 1. The molecule has 0 radical (unpaired) electrons. The van der Waals surface area contributed by atoms with E-state index in [4.69, 9.17) is 5.11 Å². The van der Waals surface area contributed by atoms with Gasteiger partial charge in [0, 0.05) is 12.2 Å². The molecule has 3 N–H and O–H groups in total. The topological polar surface area (TPSA) is 95.5 Å². The molecule has 0 aliphatic heterocycles. The number of carbonyl (C=O) groups excluding carboxylic acids is 2. The number of rotatable bonds is 5. The number of carbonyl (C=O) groups is 3. The maximum absolute atomic E-state index is 12.5.